The van der Waals surface area contributed by atoms with Gasteiger partial charge in [0.25, 0.3) is 0 Å². The molecule has 1 heterocycles. The second kappa shape index (κ2) is 5.36. The van der Waals surface area contributed by atoms with Gasteiger partial charge < -0.3 is 4.74 Å². The molecule has 1 fully saturated rings. The van der Waals surface area contributed by atoms with Crippen molar-refractivity contribution in [3.05, 3.63) is 0 Å². The predicted octanol–water partition coefficient (Wildman–Crippen LogP) is 3.28. The Morgan fingerprint density at radius 2 is 2.36 bits per heavy atom. The van der Waals surface area contributed by atoms with Crippen LogP contribution in [0.4, 0.5) is 0 Å². The van der Waals surface area contributed by atoms with E-state index in [2.05, 4.69) is 19.9 Å². The summed E-state index contributed by atoms with van der Waals surface area (Å²) in [7, 11) is 0. The summed E-state index contributed by atoms with van der Waals surface area (Å²) in [5, 5.41) is 9.00. The van der Waals surface area contributed by atoms with E-state index in [0.717, 1.165) is 32.3 Å². The zero-order valence-electron chi connectivity index (χ0n) is 9.38. The van der Waals surface area contributed by atoms with E-state index in [1.165, 1.54) is 12.8 Å². The van der Waals surface area contributed by atoms with E-state index in [-0.39, 0.29) is 5.41 Å². The van der Waals surface area contributed by atoms with Crippen molar-refractivity contribution in [2.75, 3.05) is 6.61 Å². The van der Waals surface area contributed by atoms with Crippen molar-refractivity contribution in [1.29, 1.82) is 5.26 Å². The fourth-order valence-corrected chi connectivity index (χ4v) is 1.90. The Kier molecular flexibility index (Phi) is 4.41. The minimum Gasteiger partial charge on any atom is -0.378 e. The van der Waals surface area contributed by atoms with Crippen LogP contribution in [0.25, 0.3) is 0 Å². The third-order valence-electron chi connectivity index (χ3n) is 3.33. The van der Waals surface area contributed by atoms with Gasteiger partial charge in [-0.1, -0.05) is 6.92 Å². The Labute approximate surface area is 87.3 Å². The average molecular weight is 195 g/mol. The van der Waals surface area contributed by atoms with Gasteiger partial charge in [-0.25, -0.2) is 0 Å². The van der Waals surface area contributed by atoms with Gasteiger partial charge in [0, 0.05) is 6.61 Å². The van der Waals surface area contributed by atoms with Gasteiger partial charge in [-0.15, -0.1) is 0 Å². The Bertz CT molecular complexity index is 203. The lowest BCUT2D eigenvalue weighted by atomic mass is 9.83. The Morgan fingerprint density at radius 3 is 2.86 bits per heavy atom. The van der Waals surface area contributed by atoms with Gasteiger partial charge in [0.05, 0.1) is 17.6 Å². The highest BCUT2D eigenvalue weighted by molar-refractivity contribution is 4.94. The highest BCUT2D eigenvalue weighted by atomic mass is 16.5. The van der Waals surface area contributed by atoms with Gasteiger partial charge in [0.2, 0.25) is 0 Å². The molecule has 1 aliphatic heterocycles. The van der Waals surface area contributed by atoms with Crippen LogP contribution < -0.4 is 0 Å². The standard InChI is InChI=1S/C12H21NO/c1-3-12(2,10-13)8-4-6-11-7-5-9-14-11/h11H,3-9H2,1-2H3. The molecule has 0 saturated carbocycles. The summed E-state index contributed by atoms with van der Waals surface area (Å²) < 4.78 is 5.55. The number of hydrogen-bond donors (Lipinski definition) is 0. The van der Waals surface area contributed by atoms with Gasteiger partial charge in [-0.3, -0.25) is 0 Å². The van der Waals surface area contributed by atoms with Crippen molar-refractivity contribution < 1.29 is 4.74 Å². The van der Waals surface area contributed by atoms with Crippen LogP contribution in [0, 0.1) is 16.7 Å². The molecule has 0 aromatic rings. The highest BCUT2D eigenvalue weighted by Gasteiger charge is 2.22. The van der Waals surface area contributed by atoms with Crippen LogP contribution in [0.1, 0.15) is 52.4 Å². The first-order valence-electron chi connectivity index (χ1n) is 5.73. The van der Waals surface area contributed by atoms with Crippen LogP contribution >= 0.6 is 0 Å². The van der Waals surface area contributed by atoms with Crippen molar-refractivity contribution in [3.8, 4) is 6.07 Å². The van der Waals surface area contributed by atoms with E-state index in [1.807, 2.05) is 0 Å². The number of nitrogens with zero attached hydrogens (tertiary/aromatic N) is 1. The molecule has 0 bridgehead atoms. The molecule has 2 unspecified atom stereocenters. The first kappa shape index (κ1) is 11.5. The summed E-state index contributed by atoms with van der Waals surface area (Å²) in [5.41, 5.74) is -0.112. The van der Waals surface area contributed by atoms with E-state index in [9.17, 15) is 0 Å². The Balaban J connectivity index is 2.16. The number of nitriles is 1. The van der Waals surface area contributed by atoms with Crippen molar-refractivity contribution in [2.24, 2.45) is 5.41 Å². The van der Waals surface area contributed by atoms with E-state index in [1.54, 1.807) is 0 Å². The molecule has 0 N–H and O–H groups in total. The number of rotatable bonds is 5. The lowest BCUT2D eigenvalue weighted by Gasteiger charge is -2.19. The summed E-state index contributed by atoms with van der Waals surface area (Å²) in [4.78, 5) is 0. The molecule has 2 atom stereocenters. The quantitative estimate of drug-likeness (QED) is 0.674. The molecular weight excluding hydrogens is 174 g/mol. The zero-order valence-corrected chi connectivity index (χ0v) is 9.38. The van der Waals surface area contributed by atoms with Gasteiger partial charge in [0.1, 0.15) is 0 Å². The fraction of sp³-hybridized carbons (Fsp3) is 0.917. The number of ether oxygens (including phenoxy) is 1. The molecule has 80 valence electrons. The van der Waals surface area contributed by atoms with Gasteiger partial charge >= 0.3 is 0 Å². The molecule has 1 aliphatic rings. The molecule has 1 rings (SSSR count). The van der Waals surface area contributed by atoms with Crippen molar-refractivity contribution in [1.82, 2.24) is 0 Å². The second-order valence-corrected chi connectivity index (χ2v) is 4.55. The summed E-state index contributed by atoms with van der Waals surface area (Å²) in [5.74, 6) is 0. The second-order valence-electron chi connectivity index (χ2n) is 4.55. The third kappa shape index (κ3) is 3.31. The van der Waals surface area contributed by atoms with Crippen molar-refractivity contribution in [2.45, 2.75) is 58.5 Å². The minimum atomic E-state index is -0.112. The van der Waals surface area contributed by atoms with Gasteiger partial charge in [-0.05, 0) is 45.4 Å². The molecule has 0 spiro atoms. The maximum absolute atomic E-state index is 9.00. The summed E-state index contributed by atoms with van der Waals surface area (Å²) in [6.07, 6.45) is 7.15. The Morgan fingerprint density at radius 1 is 1.57 bits per heavy atom. The lowest BCUT2D eigenvalue weighted by molar-refractivity contribution is 0.0996. The SMILES string of the molecule is CCC(C)(C#N)CCCC1CCCO1. The van der Waals surface area contributed by atoms with E-state index in [4.69, 9.17) is 10.00 Å². The lowest BCUT2D eigenvalue weighted by Crippen LogP contribution is -2.13. The highest BCUT2D eigenvalue weighted by Crippen LogP contribution is 2.28. The average Bonchev–Trinajstić information content (AvgIpc) is 2.70. The molecule has 0 radical (unpaired) electrons. The predicted molar refractivity (Wildman–Crippen MR) is 56.8 cm³/mol. The van der Waals surface area contributed by atoms with Crippen LogP contribution in [0.15, 0.2) is 0 Å². The monoisotopic (exact) mass is 195 g/mol. The first-order valence-corrected chi connectivity index (χ1v) is 5.73. The molecule has 0 aromatic heterocycles. The van der Waals surface area contributed by atoms with Crippen LogP contribution in [0.5, 0.6) is 0 Å². The van der Waals surface area contributed by atoms with Crippen LogP contribution in [0.2, 0.25) is 0 Å². The van der Waals surface area contributed by atoms with Crippen molar-refractivity contribution in [3.63, 3.8) is 0 Å². The molecular formula is C12H21NO. The molecule has 0 aromatic carbocycles. The summed E-state index contributed by atoms with van der Waals surface area (Å²) >= 11 is 0. The Hall–Kier alpha value is -0.550. The zero-order chi connectivity index (χ0) is 10.4. The van der Waals surface area contributed by atoms with Crippen LogP contribution in [0.3, 0.4) is 0 Å². The molecule has 14 heavy (non-hydrogen) atoms. The molecule has 0 amide bonds. The van der Waals surface area contributed by atoms with Gasteiger partial charge in [-0.2, -0.15) is 5.26 Å². The van der Waals surface area contributed by atoms with Crippen LogP contribution in [-0.4, -0.2) is 12.7 Å². The van der Waals surface area contributed by atoms with Gasteiger partial charge in [0.15, 0.2) is 0 Å². The maximum Gasteiger partial charge on any atom is 0.0686 e. The summed E-state index contributed by atoms with van der Waals surface area (Å²) in [6, 6.07) is 2.41. The maximum atomic E-state index is 9.00. The molecule has 2 heteroatoms. The topological polar surface area (TPSA) is 33.0 Å². The third-order valence-corrected chi connectivity index (χ3v) is 3.33. The minimum absolute atomic E-state index is 0.112. The van der Waals surface area contributed by atoms with E-state index < -0.39 is 0 Å². The fourth-order valence-electron chi connectivity index (χ4n) is 1.90. The smallest absolute Gasteiger partial charge is 0.0686 e. The number of hydrogen-bond acceptors (Lipinski definition) is 2. The van der Waals surface area contributed by atoms with E-state index >= 15 is 0 Å². The largest absolute Gasteiger partial charge is 0.378 e. The van der Waals surface area contributed by atoms with E-state index in [0.29, 0.717) is 6.10 Å². The first-order chi connectivity index (χ1) is 6.70. The van der Waals surface area contributed by atoms with Crippen LogP contribution in [-0.2, 0) is 4.74 Å². The molecule has 2 nitrogen and oxygen atoms in total. The molecule has 0 aliphatic carbocycles. The van der Waals surface area contributed by atoms with Crippen molar-refractivity contribution >= 4 is 0 Å². The molecule has 1 saturated heterocycles. The summed E-state index contributed by atoms with van der Waals surface area (Å²) in [6.45, 7) is 5.09. The normalized spacial score (nSPS) is 25.6.